The third-order valence-corrected chi connectivity index (χ3v) is 16.2. The average Bonchev–Trinajstić information content (AvgIpc) is 3.27. The van der Waals surface area contributed by atoms with Crippen molar-refractivity contribution in [2.24, 2.45) is 5.73 Å². The minimum absolute atomic E-state index is 0.586. The molecular weight excluding hydrogens is 763 g/mol. The summed E-state index contributed by atoms with van der Waals surface area (Å²) in [6.45, 7) is 9.81. The standard InChI is InChI=1S/C56H117NO3Si/c1-4-7-10-13-16-19-22-25-28-31-34-37-40-43-46-49-53-58-61(56-52-57,59-54-50-47-44-41-38-35-32-29-26-23-20-17-14-11-8-5-2)60-55-51-48-45-42-39-36-33-30-27-24-21-18-15-12-9-6-3/h4-57H2,1-3H3. The lowest BCUT2D eigenvalue weighted by Crippen LogP contribution is -2.48. The van der Waals surface area contributed by atoms with Gasteiger partial charge in [-0.05, 0) is 25.8 Å². The van der Waals surface area contributed by atoms with Gasteiger partial charge in [-0.2, -0.15) is 0 Å². The molecule has 0 aromatic rings. The molecule has 61 heavy (non-hydrogen) atoms. The second kappa shape index (κ2) is 54.4. The van der Waals surface area contributed by atoms with Crippen molar-refractivity contribution in [2.75, 3.05) is 26.4 Å². The minimum Gasteiger partial charge on any atom is -0.373 e. The topological polar surface area (TPSA) is 53.7 Å². The van der Waals surface area contributed by atoms with Crippen LogP contribution in [0, 0.1) is 0 Å². The van der Waals surface area contributed by atoms with E-state index in [4.69, 9.17) is 19.0 Å². The Morgan fingerprint density at radius 3 is 0.525 bits per heavy atom. The summed E-state index contributed by atoms with van der Waals surface area (Å²) in [5.41, 5.74) is 6.21. The van der Waals surface area contributed by atoms with Crippen LogP contribution in [0.2, 0.25) is 6.04 Å². The van der Waals surface area contributed by atoms with Crippen LogP contribution in [-0.4, -0.2) is 35.2 Å². The fourth-order valence-corrected chi connectivity index (χ4v) is 11.6. The summed E-state index contributed by atoms with van der Waals surface area (Å²) in [5.74, 6) is 0. The zero-order valence-corrected chi connectivity index (χ0v) is 43.8. The Morgan fingerprint density at radius 1 is 0.230 bits per heavy atom. The average molecular weight is 881 g/mol. The maximum Gasteiger partial charge on any atom is 0.502 e. The highest BCUT2D eigenvalue weighted by molar-refractivity contribution is 6.60. The van der Waals surface area contributed by atoms with Gasteiger partial charge in [0, 0.05) is 25.9 Å². The first-order valence-electron chi connectivity index (χ1n) is 28.9. The van der Waals surface area contributed by atoms with E-state index in [9.17, 15) is 0 Å². The zero-order chi connectivity index (χ0) is 44.1. The molecule has 0 saturated heterocycles. The van der Waals surface area contributed by atoms with Crippen LogP contribution in [-0.2, 0) is 13.3 Å². The van der Waals surface area contributed by atoms with E-state index < -0.39 is 8.80 Å². The zero-order valence-electron chi connectivity index (χ0n) is 42.8. The molecule has 0 unspecified atom stereocenters. The van der Waals surface area contributed by atoms with Crippen molar-refractivity contribution in [2.45, 2.75) is 335 Å². The van der Waals surface area contributed by atoms with Gasteiger partial charge >= 0.3 is 8.80 Å². The van der Waals surface area contributed by atoms with Crippen molar-refractivity contribution < 1.29 is 13.3 Å². The van der Waals surface area contributed by atoms with Gasteiger partial charge in [-0.1, -0.05) is 310 Å². The van der Waals surface area contributed by atoms with Crippen molar-refractivity contribution in [3.8, 4) is 0 Å². The van der Waals surface area contributed by atoms with E-state index in [1.54, 1.807) is 0 Å². The van der Waals surface area contributed by atoms with Gasteiger partial charge in [-0.25, -0.2) is 0 Å². The van der Waals surface area contributed by atoms with Gasteiger partial charge in [0.15, 0.2) is 0 Å². The van der Waals surface area contributed by atoms with Crippen LogP contribution < -0.4 is 5.73 Å². The van der Waals surface area contributed by atoms with Crippen molar-refractivity contribution in [1.29, 1.82) is 0 Å². The number of nitrogens with two attached hydrogens (primary N) is 1. The molecule has 0 aliphatic carbocycles. The van der Waals surface area contributed by atoms with Crippen LogP contribution in [0.5, 0.6) is 0 Å². The Hall–Kier alpha value is 0.0569. The molecule has 0 heterocycles. The Balaban J connectivity index is 4.30. The maximum absolute atomic E-state index is 6.66. The van der Waals surface area contributed by atoms with E-state index in [2.05, 4.69) is 20.8 Å². The lowest BCUT2D eigenvalue weighted by Gasteiger charge is -2.29. The van der Waals surface area contributed by atoms with Gasteiger partial charge in [0.25, 0.3) is 0 Å². The number of hydrogen-bond donors (Lipinski definition) is 1. The molecule has 368 valence electrons. The number of unbranched alkanes of at least 4 members (excludes halogenated alkanes) is 45. The molecule has 0 aromatic carbocycles. The van der Waals surface area contributed by atoms with Crippen LogP contribution in [0.25, 0.3) is 0 Å². The lowest BCUT2D eigenvalue weighted by atomic mass is 10.0. The molecule has 0 radical (unpaired) electrons. The fraction of sp³-hybridized carbons (Fsp3) is 1.00. The molecule has 0 atom stereocenters. The van der Waals surface area contributed by atoms with Crippen LogP contribution >= 0.6 is 0 Å². The molecule has 0 bridgehead atoms. The van der Waals surface area contributed by atoms with Crippen LogP contribution in [0.15, 0.2) is 0 Å². The highest BCUT2D eigenvalue weighted by atomic mass is 28.4. The Bertz CT molecular complexity index is 675. The third kappa shape index (κ3) is 49.3. The monoisotopic (exact) mass is 880 g/mol. The highest BCUT2D eigenvalue weighted by Gasteiger charge is 2.40. The first-order chi connectivity index (χ1) is 30.2. The summed E-state index contributed by atoms with van der Waals surface area (Å²) >= 11 is 0. The molecule has 0 aliphatic rings. The molecule has 0 spiro atoms. The predicted octanol–water partition coefficient (Wildman–Crippen LogP) is 19.7. The third-order valence-electron chi connectivity index (χ3n) is 13.4. The Kier molecular flexibility index (Phi) is 54.4. The van der Waals surface area contributed by atoms with Crippen molar-refractivity contribution in [3.63, 3.8) is 0 Å². The van der Waals surface area contributed by atoms with Gasteiger partial charge in [-0.15, -0.1) is 0 Å². The summed E-state index contributed by atoms with van der Waals surface area (Å²) in [6, 6.07) is 0.754. The summed E-state index contributed by atoms with van der Waals surface area (Å²) in [7, 11) is -2.75. The number of hydrogen-bond acceptors (Lipinski definition) is 4. The summed E-state index contributed by atoms with van der Waals surface area (Å²) < 4.78 is 20.0. The van der Waals surface area contributed by atoms with Crippen LogP contribution in [0.3, 0.4) is 0 Å². The molecule has 0 aromatic heterocycles. The summed E-state index contributed by atoms with van der Waals surface area (Å²) in [5, 5.41) is 0. The van der Waals surface area contributed by atoms with E-state index >= 15 is 0 Å². The van der Waals surface area contributed by atoms with Crippen LogP contribution in [0.1, 0.15) is 329 Å². The summed E-state index contributed by atoms with van der Waals surface area (Å²) in [6.07, 6.45) is 66.7. The summed E-state index contributed by atoms with van der Waals surface area (Å²) in [4.78, 5) is 0. The first-order valence-corrected chi connectivity index (χ1v) is 30.8. The first kappa shape index (κ1) is 61.1. The SMILES string of the molecule is CCCCCCCCCCCCCCCCCCO[Si](CCN)(OCCCCCCCCCCCCCCCCCC)OCCCCCCCCCCCCCCCCCC. The molecule has 0 fully saturated rings. The van der Waals surface area contributed by atoms with Crippen molar-refractivity contribution in [1.82, 2.24) is 0 Å². The number of rotatable bonds is 56. The van der Waals surface area contributed by atoms with E-state index in [0.717, 1.165) is 45.1 Å². The molecule has 0 saturated carbocycles. The van der Waals surface area contributed by atoms with Crippen LogP contribution in [0.4, 0.5) is 0 Å². The van der Waals surface area contributed by atoms with Crippen molar-refractivity contribution >= 4 is 8.80 Å². The van der Waals surface area contributed by atoms with E-state index in [1.807, 2.05) is 0 Å². The van der Waals surface area contributed by atoms with Gasteiger partial charge < -0.3 is 19.0 Å². The molecule has 2 N–H and O–H groups in total. The largest absolute Gasteiger partial charge is 0.502 e. The highest BCUT2D eigenvalue weighted by Crippen LogP contribution is 2.21. The molecule has 0 rings (SSSR count). The van der Waals surface area contributed by atoms with Gasteiger partial charge in [-0.3, -0.25) is 0 Å². The fourth-order valence-electron chi connectivity index (χ4n) is 9.15. The van der Waals surface area contributed by atoms with Gasteiger partial charge in [0.1, 0.15) is 0 Å². The maximum atomic E-state index is 6.66. The Morgan fingerprint density at radius 2 is 0.377 bits per heavy atom. The normalized spacial score (nSPS) is 12.0. The molecule has 0 aliphatic heterocycles. The van der Waals surface area contributed by atoms with Gasteiger partial charge in [0.2, 0.25) is 0 Å². The lowest BCUT2D eigenvalue weighted by molar-refractivity contribution is 0.0558. The Labute approximate surface area is 387 Å². The predicted molar refractivity (Wildman–Crippen MR) is 276 cm³/mol. The van der Waals surface area contributed by atoms with Crippen molar-refractivity contribution in [3.05, 3.63) is 0 Å². The van der Waals surface area contributed by atoms with E-state index in [-0.39, 0.29) is 0 Å². The minimum atomic E-state index is -2.75. The second-order valence-electron chi connectivity index (χ2n) is 19.7. The van der Waals surface area contributed by atoms with E-state index in [1.165, 1.54) is 289 Å². The molecular formula is C56H117NO3Si. The molecule has 0 amide bonds. The van der Waals surface area contributed by atoms with E-state index in [0.29, 0.717) is 6.54 Å². The smallest absolute Gasteiger partial charge is 0.373 e. The molecule has 5 heteroatoms. The second-order valence-corrected chi connectivity index (χ2v) is 22.4. The molecule has 4 nitrogen and oxygen atoms in total. The quantitative estimate of drug-likeness (QED) is 0.0488. The van der Waals surface area contributed by atoms with Gasteiger partial charge in [0.05, 0.1) is 0 Å².